The molecule has 130 valence electrons. The van der Waals surface area contributed by atoms with Gasteiger partial charge >= 0.3 is 0 Å². The first kappa shape index (κ1) is 17.0. The smallest absolute Gasteiger partial charge is 0.250 e. The van der Waals surface area contributed by atoms with Crippen molar-refractivity contribution >= 4 is 23.2 Å². The average Bonchev–Trinajstić information content (AvgIpc) is 2.63. The highest BCUT2D eigenvalue weighted by Crippen LogP contribution is 2.16. The molecule has 25 heavy (non-hydrogen) atoms. The summed E-state index contributed by atoms with van der Waals surface area (Å²) in [6.45, 7) is 3.71. The van der Waals surface area contributed by atoms with E-state index in [1.165, 1.54) is 5.69 Å². The molecule has 1 aliphatic rings. The van der Waals surface area contributed by atoms with Gasteiger partial charge in [-0.2, -0.15) is 0 Å². The van der Waals surface area contributed by atoms with Crippen molar-refractivity contribution in [2.75, 3.05) is 42.9 Å². The lowest BCUT2D eigenvalue weighted by Crippen LogP contribution is -2.48. The molecule has 0 aliphatic carbocycles. The van der Waals surface area contributed by atoms with Crippen LogP contribution in [0.5, 0.6) is 0 Å². The number of nitrogens with one attached hydrogen (secondary N) is 1. The van der Waals surface area contributed by atoms with Crippen molar-refractivity contribution in [3.05, 3.63) is 60.2 Å². The van der Waals surface area contributed by atoms with Crippen molar-refractivity contribution in [1.82, 2.24) is 4.90 Å². The van der Waals surface area contributed by atoms with Gasteiger partial charge in [0.25, 0.3) is 5.91 Å². The van der Waals surface area contributed by atoms with Gasteiger partial charge in [-0.15, -0.1) is 0 Å². The van der Waals surface area contributed by atoms with Crippen LogP contribution in [0.3, 0.4) is 0 Å². The van der Waals surface area contributed by atoms with Crippen LogP contribution in [-0.2, 0) is 4.79 Å². The largest absolute Gasteiger partial charge is 0.369 e. The number of primary amides is 1. The van der Waals surface area contributed by atoms with E-state index in [1.807, 2.05) is 18.2 Å². The molecule has 0 saturated carbocycles. The number of nitrogens with two attached hydrogens (primary N) is 1. The van der Waals surface area contributed by atoms with Crippen molar-refractivity contribution < 1.29 is 9.59 Å². The lowest BCUT2D eigenvalue weighted by Gasteiger charge is -2.35. The standard InChI is InChI=1S/C19H22N4O2/c20-19(25)16-8-4-5-9-17(16)21-18(24)14-22-10-12-23(13-11-22)15-6-2-1-3-7-15/h1-9H,10-14H2,(H2,20,25)(H,21,24). The number of hydrogen-bond acceptors (Lipinski definition) is 4. The maximum Gasteiger partial charge on any atom is 0.250 e. The average molecular weight is 338 g/mol. The molecule has 0 bridgehead atoms. The fourth-order valence-corrected chi connectivity index (χ4v) is 3.00. The van der Waals surface area contributed by atoms with Crippen LogP contribution < -0.4 is 16.0 Å². The molecule has 6 nitrogen and oxygen atoms in total. The lowest BCUT2D eigenvalue weighted by atomic mass is 10.1. The number of para-hydroxylation sites is 2. The van der Waals surface area contributed by atoms with Gasteiger partial charge in [0.2, 0.25) is 5.91 Å². The Balaban J connectivity index is 1.52. The molecule has 1 fully saturated rings. The topological polar surface area (TPSA) is 78.7 Å². The molecule has 0 atom stereocenters. The molecule has 0 unspecified atom stereocenters. The van der Waals surface area contributed by atoms with Crippen LogP contribution in [0.2, 0.25) is 0 Å². The number of amides is 2. The molecule has 3 rings (SSSR count). The normalized spacial score (nSPS) is 15.0. The van der Waals surface area contributed by atoms with Crippen LogP contribution in [0.4, 0.5) is 11.4 Å². The van der Waals surface area contributed by atoms with Crippen molar-refractivity contribution in [2.45, 2.75) is 0 Å². The first-order valence-electron chi connectivity index (χ1n) is 8.34. The molecular formula is C19H22N4O2. The highest BCUT2D eigenvalue weighted by atomic mass is 16.2. The number of carbonyl (C=O) groups is 2. The molecule has 0 aromatic heterocycles. The molecule has 3 N–H and O–H groups in total. The van der Waals surface area contributed by atoms with Gasteiger partial charge in [0.05, 0.1) is 17.8 Å². The zero-order valence-corrected chi connectivity index (χ0v) is 14.0. The second-order valence-electron chi connectivity index (χ2n) is 6.06. The van der Waals surface area contributed by atoms with Gasteiger partial charge in [0.15, 0.2) is 0 Å². The Morgan fingerprint density at radius 1 is 0.920 bits per heavy atom. The van der Waals surface area contributed by atoms with E-state index < -0.39 is 5.91 Å². The van der Waals surface area contributed by atoms with Crippen molar-refractivity contribution in [1.29, 1.82) is 0 Å². The maximum absolute atomic E-state index is 12.3. The maximum atomic E-state index is 12.3. The zero-order valence-electron chi connectivity index (χ0n) is 14.0. The van der Waals surface area contributed by atoms with E-state index in [0.29, 0.717) is 17.8 Å². The highest BCUT2D eigenvalue weighted by molar-refractivity contribution is 6.03. The number of piperazine rings is 1. The summed E-state index contributed by atoms with van der Waals surface area (Å²) >= 11 is 0. The van der Waals surface area contributed by atoms with Crippen LogP contribution in [-0.4, -0.2) is 49.4 Å². The fraction of sp³-hybridized carbons (Fsp3) is 0.263. The predicted molar refractivity (Wildman–Crippen MR) is 98.7 cm³/mol. The minimum Gasteiger partial charge on any atom is -0.369 e. The predicted octanol–water partition coefficient (Wildman–Crippen LogP) is 1.55. The van der Waals surface area contributed by atoms with Gasteiger partial charge in [-0.05, 0) is 24.3 Å². The summed E-state index contributed by atoms with van der Waals surface area (Å²) in [5.74, 6) is -0.686. The van der Waals surface area contributed by atoms with Crippen LogP contribution in [0.15, 0.2) is 54.6 Å². The van der Waals surface area contributed by atoms with E-state index in [-0.39, 0.29) is 5.91 Å². The molecule has 2 aromatic rings. The van der Waals surface area contributed by atoms with Gasteiger partial charge in [0, 0.05) is 31.9 Å². The minimum absolute atomic E-state index is 0.137. The van der Waals surface area contributed by atoms with Gasteiger partial charge in [-0.1, -0.05) is 30.3 Å². The van der Waals surface area contributed by atoms with Crippen molar-refractivity contribution in [3.63, 3.8) is 0 Å². The first-order chi connectivity index (χ1) is 12.1. The molecule has 1 heterocycles. The summed E-state index contributed by atoms with van der Waals surface area (Å²) < 4.78 is 0. The third kappa shape index (κ3) is 4.36. The van der Waals surface area contributed by atoms with Crippen LogP contribution in [0.25, 0.3) is 0 Å². The molecule has 1 aliphatic heterocycles. The van der Waals surface area contributed by atoms with Crippen molar-refractivity contribution in [2.24, 2.45) is 5.73 Å². The second-order valence-corrected chi connectivity index (χ2v) is 6.06. The fourth-order valence-electron chi connectivity index (χ4n) is 3.00. The third-order valence-corrected chi connectivity index (χ3v) is 4.33. The number of benzene rings is 2. The van der Waals surface area contributed by atoms with E-state index >= 15 is 0 Å². The lowest BCUT2D eigenvalue weighted by molar-refractivity contribution is -0.117. The number of rotatable bonds is 5. The summed E-state index contributed by atoms with van der Waals surface area (Å²) in [4.78, 5) is 28.1. The minimum atomic E-state index is -0.549. The van der Waals surface area contributed by atoms with Crippen LogP contribution >= 0.6 is 0 Å². The molecule has 1 saturated heterocycles. The highest BCUT2D eigenvalue weighted by Gasteiger charge is 2.19. The summed E-state index contributed by atoms with van der Waals surface area (Å²) in [6, 6.07) is 17.1. The van der Waals surface area contributed by atoms with E-state index in [9.17, 15) is 9.59 Å². The van der Waals surface area contributed by atoms with E-state index in [1.54, 1.807) is 24.3 Å². The molecule has 0 radical (unpaired) electrons. The first-order valence-corrected chi connectivity index (χ1v) is 8.34. The summed E-state index contributed by atoms with van der Waals surface area (Å²) in [5, 5.41) is 2.79. The Labute approximate surface area is 147 Å². The monoisotopic (exact) mass is 338 g/mol. The zero-order chi connectivity index (χ0) is 17.6. The van der Waals surface area contributed by atoms with E-state index in [0.717, 1.165) is 26.2 Å². The Kier molecular flexibility index (Phi) is 5.30. The van der Waals surface area contributed by atoms with Gasteiger partial charge < -0.3 is 16.0 Å². The Morgan fingerprint density at radius 3 is 2.24 bits per heavy atom. The quantitative estimate of drug-likeness (QED) is 0.867. The Hall–Kier alpha value is -2.86. The molecule has 6 heteroatoms. The second kappa shape index (κ2) is 7.81. The Bertz CT molecular complexity index is 740. The summed E-state index contributed by atoms with van der Waals surface area (Å²) in [5.41, 5.74) is 7.33. The van der Waals surface area contributed by atoms with Gasteiger partial charge in [-0.25, -0.2) is 0 Å². The molecular weight excluding hydrogens is 316 g/mol. The Morgan fingerprint density at radius 2 is 1.56 bits per heavy atom. The van der Waals surface area contributed by atoms with E-state index in [4.69, 9.17) is 5.73 Å². The van der Waals surface area contributed by atoms with Crippen molar-refractivity contribution in [3.8, 4) is 0 Å². The third-order valence-electron chi connectivity index (χ3n) is 4.33. The molecule has 2 amide bonds. The summed E-state index contributed by atoms with van der Waals surface area (Å²) in [6.07, 6.45) is 0. The van der Waals surface area contributed by atoms with Crippen LogP contribution in [0, 0.1) is 0 Å². The number of anilines is 2. The number of nitrogens with zero attached hydrogens (tertiary/aromatic N) is 2. The molecule has 0 spiro atoms. The van der Waals surface area contributed by atoms with Gasteiger partial charge in [0.1, 0.15) is 0 Å². The van der Waals surface area contributed by atoms with Gasteiger partial charge in [-0.3, -0.25) is 14.5 Å². The number of carbonyl (C=O) groups excluding carboxylic acids is 2. The summed E-state index contributed by atoms with van der Waals surface area (Å²) in [7, 11) is 0. The SMILES string of the molecule is NC(=O)c1ccccc1NC(=O)CN1CCN(c2ccccc2)CC1. The number of hydrogen-bond donors (Lipinski definition) is 2. The molecule has 2 aromatic carbocycles. The van der Waals surface area contributed by atoms with Crippen LogP contribution in [0.1, 0.15) is 10.4 Å². The van der Waals surface area contributed by atoms with E-state index in [2.05, 4.69) is 27.2 Å².